The van der Waals surface area contributed by atoms with E-state index in [9.17, 15) is 29.4 Å². The summed E-state index contributed by atoms with van der Waals surface area (Å²) >= 11 is 1.47. The van der Waals surface area contributed by atoms with Gasteiger partial charge in [0.15, 0.2) is 0 Å². The first-order chi connectivity index (χ1) is 17.1. The summed E-state index contributed by atoms with van der Waals surface area (Å²) in [5.41, 5.74) is 7.23. The number of aliphatic carboxylic acids is 1. The van der Waals surface area contributed by atoms with E-state index in [-0.39, 0.29) is 25.0 Å². The second kappa shape index (κ2) is 14.1. The smallest absolute Gasteiger partial charge is 0.326 e. The average Bonchev–Trinajstić information content (AvgIpc) is 3.35. The van der Waals surface area contributed by atoms with Crippen LogP contribution in [-0.2, 0) is 32.0 Å². The van der Waals surface area contributed by atoms with Crippen molar-refractivity contribution in [3.8, 4) is 5.75 Å². The summed E-state index contributed by atoms with van der Waals surface area (Å²) < 4.78 is 0. The van der Waals surface area contributed by atoms with Crippen LogP contribution in [0.2, 0.25) is 0 Å². The van der Waals surface area contributed by atoms with Gasteiger partial charge in [0, 0.05) is 18.3 Å². The minimum Gasteiger partial charge on any atom is -0.508 e. The van der Waals surface area contributed by atoms with Crippen molar-refractivity contribution in [2.45, 2.75) is 50.4 Å². The molecular weight excluding hydrogens is 488 g/mol. The molecule has 8 N–H and O–H groups in total. The van der Waals surface area contributed by atoms with Crippen LogP contribution in [0.3, 0.4) is 0 Å². The summed E-state index contributed by atoms with van der Waals surface area (Å²) in [4.78, 5) is 56.3. The third-order valence-corrected chi connectivity index (χ3v) is 5.96. The highest BCUT2D eigenvalue weighted by Crippen LogP contribution is 2.11. The normalized spacial score (nSPS) is 14.2. The summed E-state index contributed by atoms with van der Waals surface area (Å²) in [6, 6.07) is 2.11. The number of carboxylic acid groups (broad SMARTS) is 1. The minimum atomic E-state index is -1.23. The van der Waals surface area contributed by atoms with Crippen molar-refractivity contribution in [2.24, 2.45) is 5.73 Å². The Morgan fingerprint density at radius 2 is 1.69 bits per heavy atom. The lowest BCUT2D eigenvalue weighted by Gasteiger charge is -2.23. The summed E-state index contributed by atoms with van der Waals surface area (Å²) in [5.74, 6) is -2.40. The van der Waals surface area contributed by atoms with Gasteiger partial charge in [-0.3, -0.25) is 14.4 Å². The molecule has 0 aliphatic rings. The van der Waals surface area contributed by atoms with Crippen LogP contribution in [0, 0.1) is 0 Å². The molecule has 1 aromatic heterocycles. The predicted octanol–water partition coefficient (Wildman–Crippen LogP) is -0.460. The number of phenols is 1. The van der Waals surface area contributed by atoms with Gasteiger partial charge in [-0.25, -0.2) is 9.78 Å². The number of phenolic OH excluding ortho intramolecular Hbond substituents is 1. The molecule has 36 heavy (non-hydrogen) atoms. The van der Waals surface area contributed by atoms with Gasteiger partial charge >= 0.3 is 5.97 Å². The van der Waals surface area contributed by atoms with Crippen molar-refractivity contribution in [3.05, 3.63) is 48.0 Å². The Labute approximate surface area is 212 Å². The highest BCUT2D eigenvalue weighted by atomic mass is 32.2. The Morgan fingerprint density at radius 1 is 1.03 bits per heavy atom. The van der Waals surface area contributed by atoms with Gasteiger partial charge in [0.05, 0.1) is 12.4 Å². The number of imidazole rings is 1. The van der Waals surface area contributed by atoms with Gasteiger partial charge in [-0.05, 0) is 49.5 Å². The van der Waals surface area contributed by atoms with Crippen LogP contribution < -0.4 is 21.7 Å². The van der Waals surface area contributed by atoms with Crippen LogP contribution in [0.4, 0.5) is 0 Å². The van der Waals surface area contributed by atoms with Gasteiger partial charge < -0.3 is 36.9 Å². The maximum atomic E-state index is 12.9. The molecule has 4 atom stereocenters. The molecule has 0 spiro atoms. The van der Waals surface area contributed by atoms with Crippen LogP contribution in [-0.4, -0.2) is 80.0 Å². The number of hydrogen-bond acceptors (Lipinski definition) is 8. The molecule has 0 aliphatic carbocycles. The molecule has 12 nitrogen and oxygen atoms in total. The SMILES string of the molecule is CSCCC(NC(=O)C(C)NC(=O)C(N)Cc1ccc(O)cc1)C(=O)NC(Cc1cnc[nH]1)C(=O)O. The second-order valence-corrected chi connectivity index (χ2v) is 9.22. The number of H-pyrrole nitrogens is 1. The number of nitrogens with zero attached hydrogens (tertiary/aromatic N) is 1. The summed E-state index contributed by atoms with van der Waals surface area (Å²) in [6.07, 6.45) is 5.17. The molecule has 0 saturated carbocycles. The summed E-state index contributed by atoms with van der Waals surface area (Å²) in [7, 11) is 0. The Morgan fingerprint density at radius 3 is 2.28 bits per heavy atom. The number of aromatic hydroxyl groups is 1. The number of carboxylic acids is 1. The van der Waals surface area contributed by atoms with Crippen molar-refractivity contribution in [3.63, 3.8) is 0 Å². The van der Waals surface area contributed by atoms with E-state index in [2.05, 4.69) is 25.9 Å². The molecule has 0 saturated heterocycles. The zero-order chi connectivity index (χ0) is 26.7. The van der Waals surface area contributed by atoms with Crippen molar-refractivity contribution in [1.82, 2.24) is 25.9 Å². The molecule has 3 amide bonds. The van der Waals surface area contributed by atoms with Crippen LogP contribution in [0.5, 0.6) is 5.75 Å². The number of thioether (sulfide) groups is 1. The number of aromatic nitrogens is 2. The topological polar surface area (TPSA) is 200 Å². The van der Waals surface area contributed by atoms with Crippen LogP contribution in [0.15, 0.2) is 36.8 Å². The number of amides is 3. The quantitative estimate of drug-likeness (QED) is 0.172. The molecule has 2 aromatic rings. The highest BCUT2D eigenvalue weighted by Gasteiger charge is 2.29. The van der Waals surface area contributed by atoms with Gasteiger partial charge in [-0.15, -0.1) is 0 Å². The van der Waals surface area contributed by atoms with Crippen LogP contribution in [0.25, 0.3) is 0 Å². The van der Waals surface area contributed by atoms with E-state index in [0.29, 0.717) is 11.4 Å². The summed E-state index contributed by atoms with van der Waals surface area (Å²) in [6.45, 7) is 1.46. The number of nitrogens with two attached hydrogens (primary N) is 1. The van der Waals surface area contributed by atoms with Gasteiger partial charge in [0.2, 0.25) is 17.7 Å². The number of aromatic amines is 1. The third kappa shape index (κ3) is 9.23. The van der Waals surface area contributed by atoms with Crippen LogP contribution >= 0.6 is 11.8 Å². The van der Waals surface area contributed by atoms with E-state index in [4.69, 9.17) is 5.73 Å². The molecule has 13 heteroatoms. The molecule has 0 bridgehead atoms. The van der Waals surface area contributed by atoms with Gasteiger partial charge in [0.25, 0.3) is 0 Å². The second-order valence-electron chi connectivity index (χ2n) is 8.23. The number of benzene rings is 1. The molecule has 196 valence electrons. The Hall–Kier alpha value is -3.58. The zero-order valence-corrected chi connectivity index (χ0v) is 20.9. The van der Waals surface area contributed by atoms with E-state index in [0.717, 1.165) is 5.56 Å². The predicted molar refractivity (Wildman–Crippen MR) is 134 cm³/mol. The molecule has 1 aromatic carbocycles. The van der Waals surface area contributed by atoms with Crippen molar-refractivity contribution < 1.29 is 29.4 Å². The van der Waals surface area contributed by atoms with E-state index in [1.54, 1.807) is 12.1 Å². The monoisotopic (exact) mass is 520 g/mol. The van der Waals surface area contributed by atoms with E-state index >= 15 is 0 Å². The molecule has 0 fully saturated rings. The van der Waals surface area contributed by atoms with Gasteiger partial charge in [0.1, 0.15) is 23.9 Å². The molecule has 0 radical (unpaired) electrons. The van der Waals surface area contributed by atoms with E-state index in [1.165, 1.54) is 43.3 Å². The molecule has 1 heterocycles. The third-order valence-electron chi connectivity index (χ3n) is 5.32. The Bertz CT molecular complexity index is 1020. The fourth-order valence-electron chi connectivity index (χ4n) is 3.25. The fourth-order valence-corrected chi connectivity index (χ4v) is 3.73. The lowest BCUT2D eigenvalue weighted by Crippen LogP contribution is -2.56. The standard InChI is InChI=1S/C23H32N6O6S/c1-13(27-21(32)17(24)9-14-3-5-16(30)6-4-14)20(31)28-18(7-8-36-2)22(33)29-19(23(34)35)10-15-11-25-12-26-15/h3-6,11-13,17-19,30H,7-10,24H2,1-2H3,(H,25,26)(H,27,32)(H,28,31)(H,29,33)(H,34,35). The number of nitrogens with one attached hydrogen (secondary N) is 4. The first-order valence-corrected chi connectivity index (χ1v) is 12.6. The lowest BCUT2D eigenvalue weighted by atomic mass is 10.1. The van der Waals surface area contributed by atoms with Gasteiger partial charge in [-0.2, -0.15) is 11.8 Å². The van der Waals surface area contributed by atoms with E-state index in [1.807, 2.05) is 6.26 Å². The van der Waals surface area contributed by atoms with Crippen molar-refractivity contribution >= 4 is 35.5 Å². The van der Waals surface area contributed by atoms with Crippen molar-refractivity contribution in [2.75, 3.05) is 12.0 Å². The first-order valence-electron chi connectivity index (χ1n) is 11.2. The highest BCUT2D eigenvalue weighted by molar-refractivity contribution is 7.98. The molecule has 4 unspecified atom stereocenters. The van der Waals surface area contributed by atoms with E-state index < -0.39 is 47.9 Å². The lowest BCUT2D eigenvalue weighted by molar-refractivity contribution is -0.142. The molecule has 0 aliphatic heterocycles. The first kappa shape index (κ1) is 28.7. The maximum absolute atomic E-state index is 12.9. The minimum absolute atomic E-state index is 0.00432. The number of carbonyl (C=O) groups excluding carboxylic acids is 3. The summed E-state index contributed by atoms with van der Waals surface area (Å²) in [5, 5.41) is 26.5. The molecule has 2 rings (SSSR count). The Kier molecular flexibility index (Phi) is 11.2. The Balaban J connectivity index is 1.96. The average molecular weight is 521 g/mol. The largest absolute Gasteiger partial charge is 0.508 e. The van der Waals surface area contributed by atoms with Crippen LogP contribution in [0.1, 0.15) is 24.6 Å². The number of rotatable bonds is 14. The zero-order valence-electron chi connectivity index (χ0n) is 20.1. The number of carbonyl (C=O) groups is 4. The fraction of sp³-hybridized carbons (Fsp3) is 0.435. The molecular formula is C23H32N6O6S. The van der Waals surface area contributed by atoms with Gasteiger partial charge in [-0.1, -0.05) is 12.1 Å². The maximum Gasteiger partial charge on any atom is 0.326 e. The van der Waals surface area contributed by atoms with Crippen molar-refractivity contribution in [1.29, 1.82) is 0 Å². The number of hydrogen-bond donors (Lipinski definition) is 7.